The van der Waals surface area contributed by atoms with Crippen molar-refractivity contribution in [3.8, 4) is 6.07 Å². The number of aryl methyl sites for hydroxylation is 1. The number of benzene rings is 2. The maximum atomic E-state index is 8.27. The summed E-state index contributed by atoms with van der Waals surface area (Å²) in [6, 6.07) is 22.5. The number of rotatable bonds is 0. The SMILES string of the molecule is Cc1cc[c-]cc1.N#Cc1cc[c-]cc1.[O]=[Co]. The second-order valence-corrected chi connectivity index (χ2v) is 2.98. The summed E-state index contributed by atoms with van der Waals surface area (Å²) in [5.41, 5.74) is 1.97. The molecule has 89 valence electrons. The average Bonchev–Trinajstić information content (AvgIpc) is 2.43. The molecule has 3 heteroatoms. The summed E-state index contributed by atoms with van der Waals surface area (Å²) in [5.74, 6) is 0. The molecule has 0 spiro atoms. The molecule has 0 aromatic heterocycles. The maximum absolute atomic E-state index is 8.27. The zero-order chi connectivity index (χ0) is 12.9. The Hall–Kier alpha value is -1.76. The number of hydrogen-bond acceptors (Lipinski definition) is 2. The van der Waals surface area contributed by atoms with Crippen molar-refractivity contribution in [1.29, 1.82) is 5.26 Å². The minimum absolute atomic E-state index is 0.684. The summed E-state index contributed by atoms with van der Waals surface area (Å²) < 4.78 is 7.94. The van der Waals surface area contributed by atoms with Gasteiger partial charge in [-0.25, -0.2) is 0 Å². The Balaban J connectivity index is 0.000000265. The summed E-state index contributed by atoms with van der Waals surface area (Å²) in [7, 11) is 0. The zero-order valence-corrected chi connectivity index (χ0v) is 10.3. The first-order chi connectivity index (χ1) is 8.33. The van der Waals surface area contributed by atoms with Crippen LogP contribution in [-0.2, 0) is 19.5 Å². The van der Waals surface area contributed by atoms with Crippen LogP contribution in [0, 0.1) is 30.4 Å². The molecular weight excluding hydrogens is 257 g/mol. The third kappa shape index (κ3) is 8.09. The van der Waals surface area contributed by atoms with Crippen LogP contribution in [0.1, 0.15) is 11.1 Å². The van der Waals surface area contributed by atoms with E-state index in [1.807, 2.05) is 30.3 Å². The molecule has 0 unspecified atom stereocenters. The van der Waals surface area contributed by atoms with E-state index in [0.29, 0.717) is 5.56 Å². The normalized spacial score (nSPS) is 7.59. The van der Waals surface area contributed by atoms with Crippen molar-refractivity contribution < 1.29 is 19.5 Å². The fraction of sp³-hybridized carbons (Fsp3) is 0.0714. The quantitative estimate of drug-likeness (QED) is 0.689. The molecule has 0 radical (unpaired) electrons. The van der Waals surface area contributed by atoms with Crippen molar-refractivity contribution in [2.45, 2.75) is 6.92 Å². The Bertz CT molecular complexity index is 437. The van der Waals surface area contributed by atoms with Gasteiger partial charge in [0.05, 0.1) is 6.07 Å². The third-order valence-corrected chi connectivity index (χ3v) is 1.73. The van der Waals surface area contributed by atoms with Gasteiger partial charge in [0.2, 0.25) is 0 Å². The molecule has 0 fully saturated rings. The fourth-order valence-corrected chi connectivity index (χ4v) is 0.932. The van der Waals surface area contributed by atoms with Crippen LogP contribution in [0.3, 0.4) is 0 Å². The molecule has 0 amide bonds. The fourth-order valence-electron chi connectivity index (χ4n) is 0.932. The first-order valence-corrected chi connectivity index (χ1v) is 5.18. The van der Waals surface area contributed by atoms with E-state index in [4.69, 9.17) is 9.13 Å². The van der Waals surface area contributed by atoms with Gasteiger partial charge in [-0.05, 0) is 0 Å². The van der Waals surface area contributed by atoms with E-state index in [2.05, 4.69) is 34.7 Å². The predicted molar refractivity (Wildman–Crippen MR) is 60.7 cm³/mol. The Kier molecular flexibility index (Phi) is 9.63. The van der Waals surface area contributed by atoms with Crippen LogP contribution in [0.4, 0.5) is 0 Å². The molecule has 2 nitrogen and oxygen atoms in total. The van der Waals surface area contributed by atoms with E-state index >= 15 is 0 Å². The summed E-state index contributed by atoms with van der Waals surface area (Å²) >= 11 is 2.31. The van der Waals surface area contributed by atoms with Crippen molar-refractivity contribution >= 4 is 0 Å². The van der Waals surface area contributed by atoms with Crippen LogP contribution in [0.5, 0.6) is 0 Å². The van der Waals surface area contributed by atoms with Crippen LogP contribution < -0.4 is 0 Å². The van der Waals surface area contributed by atoms with Crippen molar-refractivity contribution in [1.82, 2.24) is 0 Å². The standard InChI is InChI=1S/C7H4N.C7H7.Co.O/c8-6-7-4-2-1-3-5-7;1-7-5-3-2-4-6-7;;/h2-5H;3-6H,1H3;;/q2*-1;;. The van der Waals surface area contributed by atoms with Crippen molar-refractivity contribution in [2.24, 2.45) is 0 Å². The zero-order valence-electron chi connectivity index (χ0n) is 9.31. The summed E-state index contributed by atoms with van der Waals surface area (Å²) in [5, 5.41) is 8.27. The molecule has 0 atom stereocenters. The third-order valence-electron chi connectivity index (χ3n) is 1.73. The molecule has 0 aliphatic heterocycles. The Morgan fingerprint density at radius 1 is 1.00 bits per heavy atom. The van der Waals surface area contributed by atoms with Gasteiger partial charge >= 0.3 is 19.5 Å². The van der Waals surface area contributed by atoms with E-state index in [-0.39, 0.29) is 0 Å². The van der Waals surface area contributed by atoms with Crippen LogP contribution in [0.25, 0.3) is 0 Å². The Labute approximate surface area is 110 Å². The summed E-state index contributed by atoms with van der Waals surface area (Å²) in [6.45, 7) is 2.06. The van der Waals surface area contributed by atoms with Crippen molar-refractivity contribution in [2.75, 3.05) is 0 Å². The number of nitriles is 1. The molecule has 0 saturated heterocycles. The van der Waals surface area contributed by atoms with Gasteiger partial charge in [0.1, 0.15) is 0 Å². The van der Waals surface area contributed by atoms with Gasteiger partial charge in [0.15, 0.2) is 0 Å². The van der Waals surface area contributed by atoms with E-state index in [1.54, 1.807) is 24.3 Å². The van der Waals surface area contributed by atoms with E-state index in [9.17, 15) is 0 Å². The average molecular weight is 268 g/mol. The Morgan fingerprint density at radius 2 is 1.41 bits per heavy atom. The molecule has 0 bridgehead atoms. The summed E-state index contributed by atoms with van der Waals surface area (Å²) in [4.78, 5) is 0. The van der Waals surface area contributed by atoms with Gasteiger partial charge in [0, 0.05) is 0 Å². The van der Waals surface area contributed by atoms with Gasteiger partial charge in [0.25, 0.3) is 0 Å². The first kappa shape index (κ1) is 15.2. The minimum atomic E-state index is 0.684. The molecule has 0 aliphatic rings. The molecule has 0 aliphatic carbocycles. The number of nitrogens with zero attached hydrogens (tertiary/aromatic N) is 1. The van der Waals surface area contributed by atoms with Gasteiger partial charge in [-0.1, -0.05) is 12.5 Å². The van der Waals surface area contributed by atoms with Crippen LogP contribution in [0.15, 0.2) is 48.5 Å². The Morgan fingerprint density at radius 3 is 1.65 bits per heavy atom. The van der Waals surface area contributed by atoms with Crippen LogP contribution >= 0.6 is 0 Å². The second-order valence-electron chi connectivity index (χ2n) is 2.98. The molecule has 2 aromatic rings. The molecule has 2 aromatic carbocycles. The van der Waals surface area contributed by atoms with E-state index in [1.165, 1.54) is 5.56 Å². The van der Waals surface area contributed by atoms with E-state index in [0.717, 1.165) is 0 Å². The van der Waals surface area contributed by atoms with Crippen LogP contribution in [-0.4, -0.2) is 0 Å². The predicted octanol–water partition coefficient (Wildman–Crippen LogP) is 3.03. The van der Waals surface area contributed by atoms with Crippen molar-refractivity contribution in [3.05, 3.63) is 71.8 Å². The molecule has 2 rings (SSSR count). The van der Waals surface area contributed by atoms with Crippen molar-refractivity contribution in [3.63, 3.8) is 0 Å². The molecule has 0 N–H and O–H groups in total. The van der Waals surface area contributed by atoms with Crippen LogP contribution in [0.2, 0.25) is 0 Å². The molecule has 0 saturated carbocycles. The molecule has 17 heavy (non-hydrogen) atoms. The summed E-state index contributed by atoms with van der Waals surface area (Å²) in [6.07, 6.45) is 0. The van der Waals surface area contributed by atoms with Gasteiger partial charge in [-0.2, -0.15) is 71.5 Å². The number of hydrogen-bond donors (Lipinski definition) is 0. The molecular formula is C14H11CoNO-2. The molecule has 0 heterocycles. The van der Waals surface area contributed by atoms with E-state index < -0.39 is 0 Å². The van der Waals surface area contributed by atoms with Gasteiger partial charge in [-0.3, -0.25) is 0 Å². The topological polar surface area (TPSA) is 40.9 Å². The second kappa shape index (κ2) is 10.7. The van der Waals surface area contributed by atoms with Gasteiger partial charge in [-0.15, -0.1) is 0 Å². The monoisotopic (exact) mass is 268 g/mol. The first-order valence-electron chi connectivity index (χ1n) is 4.75. The van der Waals surface area contributed by atoms with Gasteiger partial charge < -0.3 is 0 Å².